The number of ether oxygens (including phenoxy) is 1. The van der Waals surface area contributed by atoms with E-state index in [4.69, 9.17) is 4.74 Å². The molecule has 1 aromatic carbocycles. The molecule has 0 aliphatic carbocycles. The van der Waals surface area contributed by atoms with E-state index in [1.54, 1.807) is 12.1 Å². The molecule has 106 valence electrons. The predicted molar refractivity (Wildman–Crippen MR) is 79.1 cm³/mol. The molecule has 0 N–H and O–H groups in total. The molecule has 1 fully saturated rings. The van der Waals surface area contributed by atoms with Gasteiger partial charge in [0.25, 0.3) is 0 Å². The molecular formula is C15H21BrFNO. The number of piperidine rings is 1. The van der Waals surface area contributed by atoms with Gasteiger partial charge in [-0.3, -0.25) is 0 Å². The number of rotatable bonds is 5. The molecule has 1 aliphatic heterocycles. The number of nitrogens with zero attached hydrogens (tertiary/aromatic N) is 1. The Kier molecular flexibility index (Phi) is 5.64. The molecule has 0 saturated carbocycles. The number of hydrogen-bond acceptors (Lipinski definition) is 2. The predicted octanol–water partition coefficient (Wildman–Crippen LogP) is 4.09. The molecule has 0 radical (unpaired) electrons. The second kappa shape index (κ2) is 7.25. The van der Waals surface area contributed by atoms with Crippen LogP contribution in [0.5, 0.6) is 5.75 Å². The van der Waals surface area contributed by atoms with Crippen molar-refractivity contribution in [1.29, 1.82) is 0 Å². The monoisotopic (exact) mass is 329 g/mol. The molecule has 4 heteroatoms. The van der Waals surface area contributed by atoms with Crippen molar-refractivity contribution in [2.45, 2.75) is 26.2 Å². The SMILES string of the molecule is CC1CCN(CCCOc2c(F)cccc2Br)CC1. The fraction of sp³-hybridized carbons (Fsp3) is 0.600. The van der Waals surface area contributed by atoms with Crippen LogP contribution in [0.3, 0.4) is 0 Å². The van der Waals surface area contributed by atoms with Crippen molar-refractivity contribution >= 4 is 15.9 Å². The summed E-state index contributed by atoms with van der Waals surface area (Å²) in [5, 5.41) is 0. The lowest BCUT2D eigenvalue weighted by Crippen LogP contribution is -2.34. The molecule has 2 rings (SSSR count). The number of likely N-dealkylation sites (tertiary alicyclic amines) is 1. The van der Waals surface area contributed by atoms with E-state index in [-0.39, 0.29) is 5.82 Å². The molecule has 0 unspecified atom stereocenters. The summed E-state index contributed by atoms with van der Waals surface area (Å²) in [5.74, 6) is 0.887. The molecule has 1 saturated heterocycles. The minimum atomic E-state index is -0.304. The van der Waals surface area contributed by atoms with Gasteiger partial charge in [-0.05, 0) is 66.3 Å². The Morgan fingerprint density at radius 2 is 2.11 bits per heavy atom. The summed E-state index contributed by atoms with van der Waals surface area (Å²) in [7, 11) is 0. The molecule has 0 spiro atoms. The Morgan fingerprint density at radius 3 is 2.79 bits per heavy atom. The summed E-state index contributed by atoms with van der Waals surface area (Å²) < 4.78 is 19.7. The molecule has 0 atom stereocenters. The molecular weight excluding hydrogens is 309 g/mol. The zero-order valence-electron chi connectivity index (χ0n) is 11.4. The van der Waals surface area contributed by atoms with E-state index in [0.717, 1.165) is 18.9 Å². The van der Waals surface area contributed by atoms with Gasteiger partial charge in [-0.1, -0.05) is 13.0 Å². The van der Waals surface area contributed by atoms with Crippen LogP contribution in [0.15, 0.2) is 22.7 Å². The maximum absolute atomic E-state index is 13.5. The Hall–Kier alpha value is -0.610. The van der Waals surface area contributed by atoms with E-state index in [2.05, 4.69) is 27.8 Å². The summed E-state index contributed by atoms with van der Waals surface area (Å²) in [4.78, 5) is 2.47. The third-order valence-corrected chi connectivity index (χ3v) is 4.28. The van der Waals surface area contributed by atoms with Crippen LogP contribution in [-0.2, 0) is 0 Å². The standard InChI is InChI=1S/C15H21BrFNO/c1-12-6-9-18(10-7-12)8-3-11-19-15-13(16)4-2-5-14(15)17/h2,4-5,12H,3,6-11H2,1H3. The van der Waals surface area contributed by atoms with Gasteiger partial charge in [0.1, 0.15) is 0 Å². The van der Waals surface area contributed by atoms with E-state index in [0.29, 0.717) is 16.8 Å². The third kappa shape index (κ3) is 4.46. The van der Waals surface area contributed by atoms with Gasteiger partial charge in [0.15, 0.2) is 11.6 Å². The fourth-order valence-electron chi connectivity index (χ4n) is 2.37. The van der Waals surface area contributed by atoms with Gasteiger partial charge < -0.3 is 9.64 Å². The van der Waals surface area contributed by atoms with Crippen molar-refractivity contribution in [3.63, 3.8) is 0 Å². The van der Waals surface area contributed by atoms with Crippen LogP contribution in [0.4, 0.5) is 4.39 Å². The molecule has 0 bridgehead atoms. The third-order valence-electron chi connectivity index (χ3n) is 3.66. The zero-order valence-corrected chi connectivity index (χ0v) is 13.0. The molecule has 0 amide bonds. The van der Waals surface area contributed by atoms with Gasteiger partial charge in [-0.25, -0.2) is 4.39 Å². The first-order chi connectivity index (χ1) is 9.16. The molecule has 0 aromatic heterocycles. The lowest BCUT2D eigenvalue weighted by Gasteiger charge is -2.30. The Balaban J connectivity index is 1.69. The van der Waals surface area contributed by atoms with Crippen molar-refractivity contribution in [2.24, 2.45) is 5.92 Å². The van der Waals surface area contributed by atoms with Crippen LogP contribution in [0, 0.1) is 11.7 Å². The van der Waals surface area contributed by atoms with Crippen LogP contribution in [0.2, 0.25) is 0 Å². The molecule has 2 nitrogen and oxygen atoms in total. The molecule has 1 heterocycles. The van der Waals surface area contributed by atoms with Crippen molar-refractivity contribution in [2.75, 3.05) is 26.2 Å². The number of hydrogen-bond donors (Lipinski definition) is 0. The number of halogens is 2. The van der Waals surface area contributed by atoms with Crippen molar-refractivity contribution < 1.29 is 9.13 Å². The van der Waals surface area contributed by atoms with Gasteiger partial charge in [0.2, 0.25) is 0 Å². The van der Waals surface area contributed by atoms with E-state index in [1.807, 2.05) is 0 Å². The van der Waals surface area contributed by atoms with Crippen LogP contribution in [-0.4, -0.2) is 31.1 Å². The Bertz CT molecular complexity index is 385. The summed E-state index contributed by atoms with van der Waals surface area (Å²) in [6.45, 7) is 6.29. The molecule has 1 aliphatic rings. The largest absolute Gasteiger partial charge is 0.489 e. The summed E-state index contributed by atoms with van der Waals surface area (Å²) in [6, 6.07) is 4.89. The van der Waals surface area contributed by atoms with E-state index < -0.39 is 0 Å². The van der Waals surface area contributed by atoms with Crippen LogP contribution < -0.4 is 4.74 Å². The first kappa shape index (κ1) is 14.8. The van der Waals surface area contributed by atoms with E-state index >= 15 is 0 Å². The van der Waals surface area contributed by atoms with Crippen LogP contribution >= 0.6 is 15.9 Å². The summed E-state index contributed by atoms with van der Waals surface area (Å²) >= 11 is 3.31. The highest BCUT2D eigenvalue weighted by molar-refractivity contribution is 9.10. The first-order valence-electron chi connectivity index (χ1n) is 6.96. The summed E-state index contributed by atoms with van der Waals surface area (Å²) in [6.07, 6.45) is 3.52. The summed E-state index contributed by atoms with van der Waals surface area (Å²) in [5.41, 5.74) is 0. The van der Waals surface area contributed by atoms with Crippen molar-refractivity contribution in [3.8, 4) is 5.75 Å². The van der Waals surface area contributed by atoms with Gasteiger partial charge in [0.05, 0.1) is 11.1 Å². The zero-order chi connectivity index (χ0) is 13.7. The molecule has 1 aromatic rings. The van der Waals surface area contributed by atoms with E-state index in [1.165, 1.54) is 32.0 Å². The van der Waals surface area contributed by atoms with Crippen molar-refractivity contribution in [1.82, 2.24) is 4.90 Å². The lowest BCUT2D eigenvalue weighted by atomic mass is 9.99. The van der Waals surface area contributed by atoms with Crippen LogP contribution in [0.25, 0.3) is 0 Å². The van der Waals surface area contributed by atoms with Crippen molar-refractivity contribution in [3.05, 3.63) is 28.5 Å². The van der Waals surface area contributed by atoms with Crippen LogP contribution in [0.1, 0.15) is 26.2 Å². The number of benzene rings is 1. The highest BCUT2D eigenvalue weighted by atomic mass is 79.9. The van der Waals surface area contributed by atoms with Gasteiger partial charge in [-0.15, -0.1) is 0 Å². The molecule has 19 heavy (non-hydrogen) atoms. The highest BCUT2D eigenvalue weighted by Crippen LogP contribution is 2.27. The lowest BCUT2D eigenvalue weighted by molar-refractivity contribution is 0.176. The second-order valence-corrected chi connectivity index (χ2v) is 6.13. The number of para-hydroxylation sites is 1. The van der Waals surface area contributed by atoms with Gasteiger partial charge in [0, 0.05) is 6.54 Å². The quantitative estimate of drug-likeness (QED) is 0.754. The average molecular weight is 330 g/mol. The second-order valence-electron chi connectivity index (χ2n) is 5.28. The smallest absolute Gasteiger partial charge is 0.169 e. The Labute approximate surface area is 123 Å². The minimum absolute atomic E-state index is 0.304. The topological polar surface area (TPSA) is 12.5 Å². The maximum atomic E-state index is 13.5. The van der Waals surface area contributed by atoms with E-state index in [9.17, 15) is 4.39 Å². The Morgan fingerprint density at radius 1 is 1.37 bits per heavy atom. The highest BCUT2D eigenvalue weighted by Gasteiger charge is 2.15. The maximum Gasteiger partial charge on any atom is 0.169 e. The normalized spacial score (nSPS) is 17.6. The first-order valence-corrected chi connectivity index (χ1v) is 7.75. The van der Waals surface area contributed by atoms with Gasteiger partial charge in [-0.2, -0.15) is 0 Å². The average Bonchev–Trinajstić information content (AvgIpc) is 2.39. The fourth-order valence-corrected chi connectivity index (χ4v) is 2.82. The van der Waals surface area contributed by atoms with Gasteiger partial charge >= 0.3 is 0 Å². The minimum Gasteiger partial charge on any atom is -0.489 e.